The molecule has 2 fully saturated rings. The molecule has 1 heterocycles. The van der Waals surface area contributed by atoms with Gasteiger partial charge in [0.25, 0.3) is 0 Å². The lowest BCUT2D eigenvalue weighted by atomic mass is 9.88. The third-order valence-corrected chi connectivity index (χ3v) is 4.97. The average Bonchev–Trinajstić information content (AvgIpc) is 2.40. The van der Waals surface area contributed by atoms with Gasteiger partial charge in [-0.05, 0) is 40.2 Å². The number of amides is 1. The van der Waals surface area contributed by atoms with Crippen molar-refractivity contribution in [1.29, 1.82) is 0 Å². The van der Waals surface area contributed by atoms with Crippen LogP contribution in [0.15, 0.2) is 0 Å². The minimum atomic E-state index is -0.157. The fourth-order valence-electron chi connectivity index (χ4n) is 3.53. The zero-order chi connectivity index (χ0) is 14.0. The molecule has 2 rings (SSSR count). The highest BCUT2D eigenvalue weighted by Crippen LogP contribution is 2.31. The minimum absolute atomic E-state index is 0.00874. The molecule has 0 aromatic carbocycles. The fraction of sp³-hybridized carbons (Fsp3) is 0.933. The van der Waals surface area contributed by atoms with Gasteiger partial charge in [0.2, 0.25) is 5.91 Å². The molecular weight excluding hydrogens is 240 g/mol. The molecule has 0 spiro atoms. The van der Waals surface area contributed by atoms with E-state index in [1.807, 2.05) is 7.05 Å². The van der Waals surface area contributed by atoms with Gasteiger partial charge in [-0.15, -0.1) is 0 Å². The van der Waals surface area contributed by atoms with E-state index in [-0.39, 0.29) is 24.1 Å². The van der Waals surface area contributed by atoms with Crippen molar-refractivity contribution < 1.29 is 9.90 Å². The molecule has 4 heteroatoms. The van der Waals surface area contributed by atoms with Crippen molar-refractivity contribution in [2.24, 2.45) is 0 Å². The SMILES string of the molecule is CN1C(CCO)C(=O)N(C2CCCCC2)CC1(C)C. The standard InChI is InChI=1S/C15H28N2O2/c1-15(2)11-17(12-7-5-4-6-8-12)14(19)13(9-10-18)16(15)3/h12-13,18H,4-11H2,1-3H3. The van der Waals surface area contributed by atoms with E-state index in [4.69, 9.17) is 0 Å². The van der Waals surface area contributed by atoms with Crippen molar-refractivity contribution in [3.8, 4) is 0 Å². The summed E-state index contributed by atoms with van der Waals surface area (Å²) < 4.78 is 0. The van der Waals surface area contributed by atoms with Crippen molar-refractivity contribution in [2.75, 3.05) is 20.2 Å². The molecule has 1 atom stereocenters. The van der Waals surface area contributed by atoms with Crippen LogP contribution in [0.5, 0.6) is 0 Å². The first kappa shape index (κ1) is 14.8. The second-order valence-electron chi connectivity index (χ2n) is 6.71. The molecule has 1 N–H and O–H groups in total. The first-order valence-electron chi connectivity index (χ1n) is 7.61. The van der Waals surface area contributed by atoms with Crippen molar-refractivity contribution in [2.45, 2.75) is 70.0 Å². The second kappa shape index (κ2) is 5.80. The minimum Gasteiger partial charge on any atom is -0.396 e. The molecule has 110 valence electrons. The van der Waals surface area contributed by atoms with Crippen molar-refractivity contribution >= 4 is 5.91 Å². The van der Waals surface area contributed by atoms with Crippen LogP contribution in [-0.2, 0) is 4.79 Å². The Kier molecular flexibility index (Phi) is 4.51. The smallest absolute Gasteiger partial charge is 0.240 e. The number of likely N-dealkylation sites (N-methyl/N-ethyl adjacent to an activating group) is 1. The molecule has 19 heavy (non-hydrogen) atoms. The number of nitrogens with zero attached hydrogens (tertiary/aromatic N) is 2. The Morgan fingerprint density at radius 3 is 2.47 bits per heavy atom. The van der Waals surface area contributed by atoms with Gasteiger partial charge >= 0.3 is 0 Å². The summed E-state index contributed by atoms with van der Waals surface area (Å²) in [4.78, 5) is 16.9. The second-order valence-corrected chi connectivity index (χ2v) is 6.71. The van der Waals surface area contributed by atoms with Crippen LogP contribution in [0.3, 0.4) is 0 Å². The van der Waals surface area contributed by atoms with E-state index in [1.165, 1.54) is 19.3 Å². The molecule has 1 aliphatic heterocycles. The number of carbonyl (C=O) groups excluding carboxylic acids is 1. The highest BCUT2D eigenvalue weighted by Gasteiger charge is 2.44. The van der Waals surface area contributed by atoms with Crippen LogP contribution in [0, 0.1) is 0 Å². The third kappa shape index (κ3) is 2.95. The largest absolute Gasteiger partial charge is 0.396 e. The number of piperazine rings is 1. The monoisotopic (exact) mass is 268 g/mol. The van der Waals surface area contributed by atoms with E-state index in [0.717, 1.165) is 19.4 Å². The first-order chi connectivity index (χ1) is 8.97. The maximum atomic E-state index is 12.7. The van der Waals surface area contributed by atoms with Crippen molar-refractivity contribution in [3.63, 3.8) is 0 Å². The highest BCUT2D eigenvalue weighted by molar-refractivity contribution is 5.83. The van der Waals surface area contributed by atoms with Crippen LogP contribution in [0.25, 0.3) is 0 Å². The van der Waals surface area contributed by atoms with Gasteiger partial charge in [0.15, 0.2) is 0 Å². The number of aliphatic hydroxyl groups excluding tert-OH is 1. The van der Waals surface area contributed by atoms with Gasteiger partial charge in [0, 0.05) is 24.7 Å². The Balaban J connectivity index is 2.16. The summed E-state index contributed by atoms with van der Waals surface area (Å²) in [5.41, 5.74) is -0.00874. The van der Waals surface area contributed by atoms with E-state index < -0.39 is 0 Å². The third-order valence-electron chi connectivity index (χ3n) is 4.97. The molecule has 0 radical (unpaired) electrons. The molecule has 2 aliphatic rings. The van der Waals surface area contributed by atoms with Gasteiger partial charge < -0.3 is 10.0 Å². The molecular formula is C15H28N2O2. The first-order valence-corrected chi connectivity index (χ1v) is 7.61. The summed E-state index contributed by atoms with van der Waals surface area (Å²) in [6.07, 6.45) is 6.64. The maximum Gasteiger partial charge on any atom is 0.240 e. The Hall–Kier alpha value is -0.610. The summed E-state index contributed by atoms with van der Waals surface area (Å²) in [5.74, 6) is 0.225. The van der Waals surface area contributed by atoms with Crippen LogP contribution < -0.4 is 0 Å². The Morgan fingerprint density at radius 2 is 1.89 bits per heavy atom. The lowest BCUT2D eigenvalue weighted by molar-refractivity contribution is -0.153. The molecule has 0 bridgehead atoms. The maximum absolute atomic E-state index is 12.7. The molecule has 1 aliphatic carbocycles. The molecule has 1 saturated carbocycles. The van der Waals surface area contributed by atoms with Crippen LogP contribution in [-0.4, -0.2) is 58.6 Å². The summed E-state index contributed by atoms with van der Waals surface area (Å²) in [7, 11) is 2.01. The molecule has 1 unspecified atom stereocenters. The molecule has 0 aromatic heterocycles. The number of carbonyl (C=O) groups is 1. The van der Waals surface area contributed by atoms with Crippen LogP contribution in [0.4, 0.5) is 0 Å². The summed E-state index contributed by atoms with van der Waals surface area (Å²) in [5, 5.41) is 9.22. The van der Waals surface area contributed by atoms with Gasteiger partial charge in [-0.25, -0.2) is 0 Å². The zero-order valence-corrected chi connectivity index (χ0v) is 12.6. The topological polar surface area (TPSA) is 43.8 Å². The van der Waals surface area contributed by atoms with Gasteiger partial charge in [-0.1, -0.05) is 19.3 Å². The Bertz CT molecular complexity index is 324. The molecule has 1 amide bonds. The predicted octanol–water partition coefficient (Wildman–Crippen LogP) is 1.62. The molecule has 1 saturated heterocycles. The van der Waals surface area contributed by atoms with Crippen LogP contribution in [0.1, 0.15) is 52.4 Å². The number of hydrogen-bond acceptors (Lipinski definition) is 3. The van der Waals surface area contributed by atoms with E-state index in [1.54, 1.807) is 0 Å². The molecule has 0 aromatic rings. The van der Waals surface area contributed by atoms with Crippen LogP contribution >= 0.6 is 0 Å². The van der Waals surface area contributed by atoms with E-state index >= 15 is 0 Å². The van der Waals surface area contributed by atoms with Crippen LogP contribution in [0.2, 0.25) is 0 Å². The Labute approximate surface area is 116 Å². The lowest BCUT2D eigenvalue weighted by Gasteiger charge is -2.52. The van der Waals surface area contributed by atoms with E-state index in [0.29, 0.717) is 12.5 Å². The van der Waals surface area contributed by atoms with Crippen molar-refractivity contribution in [1.82, 2.24) is 9.80 Å². The average molecular weight is 268 g/mol. The Morgan fingerprint density at radius 1 is 1.26 bits per heavy atom. The summed E-state index contributed by atoms with van der Waals surface area (Å²) in [6.45, 7) is 5.28. The van der Waals surface area contributed by atoms with Crippen molar-refractivity contribution in [3.05, 3.63) is 0 Å². The summed E-state index contributed by atoms with van der Waals surface area (Å²) >= 11 is 0. The highest BCUT2D eigenvalue weighted by atomic mass is 16.3. The lowest BCUT2D eigenvalue weighted by Crippen LogP contribution is -2.67. The predicted molar refractivity (Wildman–Crippen MR) is 75.9 cm³/mol. The molecule has 4 nitrogen and oxygen atoms in total. The van der Waals surface area contributed by atoms with Gasteiger partial charge in [0.1, 0.15) is 0 Å². The van der Waals surface area contributed by atoms with E-state index in [9.17, 15) is 9.90 Å². The number of rotatable bonds is 3. The van der Waals surface area contributed by atoms with Gasteiger partial charge in [-0.3, -0.25) is 9.69 Å². The summed E-state index contributed by atoms with van der Waals surface area (Å²) in [6, 6.07) is 0.270. The number of hydrogen-bond donors (Lipinski definition) is 1. The quantitative estimate of drug-likeness (QED) is 0.846. The van der Waals surface area contributed by atoms with E-state index in [2.05, 4.69) is 23.6 Å². The fourth-order valence-corrected chi connectivity index (χ4v) is 3.53. The normalized spacial score (nSPS) is 29.8. The zero-order valence-electron chi connectivity index (χ0n) is 12.6. The van der Waals surface area contributed by atoms with Gasteiger partial charge in [-0.2, -0.15) is 0 Å². The van der Waals surface area contributed by atoms with Gasteiger partial charge in [0.05, 0.1) is 6.04 Å². The number of aliphatic hydroxyl groups is 1.